The Labute approximate surface area is 94.2 Å². The minimum atomic E-state index is 0.231. The van der Waals surface area contributed by atoms with Crippen LogP contribution in [0, 0.1) is 0 Å². The fourth-order valence-corrected chi connectivity index (χ4v) is 1.74. The first-order chi connectivity index (χ1) is 6.61. The van der Waals surface area contributed by atoms with Gasteiger partial charge in [0.15, 0.2) is 0 Å². The third-order valence-electron chi connectivity index (χ3n) is 1.69. The van der Waals surface area contributed by atoms with Crippen molar-refractivity contribution in [3.05, 3.63) is 28.2 Å². The van der Waals surface area contributed by atoms with E-state index in [1.807, 2.05) is 19.1 Å². The van der Waals surface area contributed by atoms with Crippen LogP contribution in [0.25, 0.3) is 0 Å². The monoisotopic (exact) mass is 233 g/mol. The lowest BCUT2D eigenvalue weighted by molar-refractivity contribution is 0.190. The molecule has 2 nitrogen and oxygen atoms in total. The number of ether oxygens (including phenoxy) is 1. The van der Waals surface area contributed by atoms with E-state index < -0.39 is 0 Å². The SMILES string of the molecule is COC[C@H](C)Nc1cc(Cl)cc(Cl)c1. The number of rotatable bonds is 4. The van der Waals surface area contributed by atoms with Crippen LogP contribution < -0.4 is 5.32 Å². The molecule has 0 aromatic heterocycles. The van der Waals surface area contributed by atoms with E-state index >= 15 is 0 Å². The molecule has 0 saturated carbocycles. The van der Waals surface area contributed by atoms with Gasteiger partial charge in [-0.25, -0.2) is 0 Å². The zero-order valence-electron chi connectivity index (χ0n) is 8.18. The van der Waals surface area contributed by atoms with E-state index in [-0.39, 0.29) is 6.04 Å². The molecule has 0 saturated heterocycles. The van der Waals surface area contributed by atoms with Crippen LogP contribution in [-0.4, -0.2) is 19.8 Å². The van der Waals surface area contributed by atoms with Gasteiger partial charge in [-0.15, -0.1) is 0 Å². The first kappa shape index (κ1) is 11.6. The van der Waals surface area contributed by atoms with E-state index in [0.29, 0.717) is 16.7 Å². The van der Waals surface area contributed by atoms with Crippen molar-refractivity contribution in [1.29, 1.82) is 0 Å². The standard InChI is InChI=1S/C10H13Cl2NO/c1-7(6-14-2)13-10-4-8(11)3-9(12)5-10/h3-5,7,13H,6H2,1-2H3/t7-/m0/s1. The number of anilines is 1. The average Bonchev–Trinajstić information content (AvgIpc) is 2.01. The quantitative estimate of drug-likeness (QED) is 0.861. The molecule has 0 unspecified atom stereocenters. The van der Waals surface area contributed by atoms with Gasteiger partial charge in [-0.3, -0.25) is 0 Å². The van der Waals surface area contributed by atoms with Crippen LogP contribution in [0.2, 0.25) is 10.0 Å². The van der Waals surface area contributed by atoms with Crippen molar-refractivity contribution >= 4 is 28.9 Å². The Kier molecular flexibility index (Phi) is 4.52. The average molecular weight is 234 g/mol. The normalized spacial score (nSPS) is 12.6. The van der Waals surface area contributed by atoms with Gasteiger partial charge < -0.3 is 10.1 Å². The largest absolute Gasteiger partial charge is 0.383 e. The maximum Gasteiger partial charge on any atom is 0.0661 e. The van der Waals surface area contributed by atoms with Crippen molar-refractivity contribution in [2.45, 2.75) is 13.0 Å². The second-order valence-electron chi connectivity index (χ2n) is 3.16. The molecule has 4 heteroatoms. The first-order valence-electron chi connectivity index (χ1n) is 4.33. The van der Waals surface area contributed by atoms with Gasteiger partial charge in [0.25, 0.3) is 0 Å². The van der Waals surface area contributed by atoms with Crippen molar-refractivity contribution < 1.29 is 4.74 Å². The summed E-state index contributed by atoms with van der Waals surface area (Å²) >= 11 is 11.7. The number of hydrogen-bond donors (Lipinski definition) is 1. The molecule has 0 radical (unpaired) electrons. The fourth-order valence-electron chi connectivity index (χ4n) is 1.21. The van der Waals surface area contributed by atoms with Crippen molar-refractivity contribution in [3.63, 3.8) is 0 Å². The Morgan fingerprint density at radius 1 is 1.29 bits per heavy atom. The minimum Gasteiger partial charge on any atom is -0.383 e. The van der Waals surface area contributed by atoms with Crippen molar-refractivity contribution in [2.75, 3.05) is 19.0 Å². The van der Waals surface area contributed by atoms with Gasteiger partial charge in [0, 0.05) is 28.9 Å². The summed E-state index contributed by atoms with van der Waals surface area (Å²) in [6.07, 6.45) is 0. The number of halogens is 2. The highest BCUT2D eigenvalue weighted by Crippen LogP contribution is 2.22. The fraction of sp³-hybridized carbons (Fsp3) is 0.400. The van der Waals surface area contributed by atoms with Crippen LogP contribution in [0.1, 0.15) is 6.92 Å². The molecule has 0 aliphatic rings. The molecule has 0 aliphatic carbocycles. The third kappa shape index (κ3) is 3.74. The first-order valence-corrected chi connectivity index (χ1v) is 5.09. The van der Waals surface area contributed by atoms with Gasteiger partial charge in [0.2, 0.25) is 0 Å². The maximum absolute atomic E-state index is 5.85. The number of hydrogen-bond acceptors (Lipinski definition) is 2. The molecule has 0 heterocycles. The lowest BCUT2D eigenvalue weighted by Gasteiger charge is -2.14. The van der Waals surface area contributed by atoms with Crippen LogP contribution in [0.15, 0.2) is 18.2 Å². The summed E-state index contributed by atoms with van der Waals surface area (Å²) in [5.74, 6) is 0. The summed E-state index contributed by atoms with van der Waals surface area (Å²) in [5.41, 5.74) is 0.909. The topological polar surface area (TPSA) is 21.3 Å². The van der Waals surface area contributed by atoms with E-state index in [1.54, 1.807) is 13.2 Å². The second-order valence-corrected chi connectivity index (χ2v) is 4.03. The minimum absolute atomic E-state index is 0.231. The van der Waals surface area contributed by atoms with Crippen LogP contribution in [0.4, 0.5) is 5.69 Å². The Morgan fingerprint density at radius 2 is 1.86 bits per heavy atom. The van der Waals surface area contributed by atoms with Gasteiger partial charge in [0.05, 0.1) is 6.61 Å². The highest BCUT2D eigenvalue weighted by Gasteiger charge is 2.02. The molecule has 14 heavy (non-hydrogen) atoms. The molecule has 1 N–H and O–H groups in total. The van der Waals surface area contributed by atoms with Gasteiger partial charge in [0.1, 0.15) is 0 Å². The second kappa shape index (κ2) is 5.44. The molecule has 0 spiro atoms. The lowest BCUT2D eigenvalue weighted by atomic mass is 10.3. The van der Waals surface area contributed by atoms with E-state index in [2.05, 4.69) is 5.32 Å². The van der Waals surface area contributed by atoms with E-state index in [0.717, 1.165) is 5.69 Å². The predicted molar refractivity (Wildman–Crippen MR) is 61.4 cm³/mol. The summed E-state index contributed by atoms with van der Waals surface area (Å²) in [4.78, 5) is 0. The summed E-state index contributed by atoms with van der Waals surface area (Å²) in [6.45, 7) is 2.67. The Morgan fingerprint density at radius 3 is 2.36 bits per heavy atom. The van der Waals surface area contributed by atoms with E-state index in [4.69, 9.17) is 27.9 Å². The van der Waals surface area contributed by atoms with Crippen LogP contribution in [0.5, 0.6) is 0 Å². The van der Waals surface area contributed by atoms with Crippen molar-refractivity contribution in [1.82, 2.24) is 0 Å². The molecule has 0 bridgehead atoms. The number of methoxy groups -OCH3 is 1. The summed E-state index contributed by atoms with van der Waals surface area (Å²) in [7, 11) is 1.67. The molecule has 1 rings (SSSR count). The summed E-state index contributed by atoms with van der Waals surface area (Å²) in [5, 5.41) is 4.49. The van der Waals surface area contributed by atoms with Gasteiger partial charge >= 0.3 is 0 Å². The van der Waals surface area contributed by atoms with Crippen LogP contribution in [-0.2, 0) is 4.74 Å². The highest BCUT2D eigenvalue weighted by atomic mass is 35.5. The predicted octanol–water partition coefficient (Wildman–Crippen LogP) is 3.44. The Bertz CT molecular complexity index is 284. The van der Waals surface area contributed by atoms with Crippen LogP contribution in [0.3, 0.4) is 0 Å². The van der Waals surface area contributed by atoms with E-state index in [9.17, 15) is 0 Å². The lowest BCUT2D eigenvalue weighted by Crippen LogP contribution is -2.20. The maximum atomic E-state index is 5.85. The van der Waals surface area contributed by atoms with Gasteiger partial charge in [-0.05, 0) is 25.1 Å². The van der Waals surface area contributed by atoms with Crippen LogP contribution >= 0.6 is 23.2 Å². The van der Waals surface area contributed by atoms with Gasteiger partial charge in [-0.1, -0.05) is 23.2 Å². The molecule has 1 atom stereocenters. The molecule has 0 aliphatic heterocycles. The summed E-state index contributed by atoms with van der Waals surface area (Å²) < 4.78 is 5.01. The molecular weight excluding hydrogens is 221 g/mol. The molecular formula is C10H13Cl2NO. The molecule has 0 amide bonds. The van der Waals surface area contributed by atoms with Crippen molar-refractivity contribution in [3.8, 4) is 0 Å². The molecule has 78 valence electrons. The van der Waals surface area contributed by atoms with Gasteiger partial charge in [-0.2, -0.15) is 0 Å². The van der Waals surface area contributed by atoms with Crippen molar-refractivity contribution in [2.24, 2.45) is 0 Å². The number of nitrogens with one attached hydrogen (secondary N) is 1. The smallest absolute Gasteiger partial charge is 0.0661 e. The third-order valence-corrected chi connectivity index (χ3v) is 2.13. The number of benzene rings is 1. The Hall–Kier alpha value is -0.440. The van der Waals surface area contributed by atoms with E-state index in [1.165, 1.54) is 0 Å². The summed E-state index contributed by atoms with van der Waals surface area (Å²) in [6, 6.07) is 5.60. The zero-order chi connectivity index (χ0) is 10.6. The molecule has 0 fully saturated rings. The zero-order valence-corrected chi connectivity index (χ0v) is 9.69. The highest BCUT2D eigenvalue weighted by molar-refractivity contribution is 6.35. The molecule has 1 aromatic carbocycles. The molecule has 1 aromatic rings. The Balaban J connectivity index is 2.66.